The summed E-state index contributed by atoms with van der Waals surface area (Å²) in [5, 5.41) is 0. The molecule has 0 unspecified atom stereocenters. The number of hydrogen-bond donors (Lipinski definition) is 0. The Kier molecular flexibility index (Phi) is 3.53. The summed E-state index contributed by atoms with van der Waals surface area (Å²) in [6.07, 6.45) is 1.88. The number of rotatable bonds is 1. The lowest BCUT2D eigenvalue weighted by molar-refractivity contribution is -0.678. The second kappa shape index (κ2) is 3.76. The van der Waals surface area contributed by atoms with Gasteiger partial charge in [0.1, 0.15) is 11.4 Å². The largest absolute Gasteiger partial charge is 1.00 e. The summed E-state index contributed by atoms with van der Waals surface area (Å²) in [7, 11) is 4.11. The summed E-state index contributed by atoms with van der Waals surface area (Å²) >= 11 is 0. The Morgan fingerprint density at radius 3 is 2.08 bits per heavy atom. The molecule has 0 aromatic carbocycles. The fraction of sp³-hybridized carbons (Fsp3) is 0.444. The van der Waals surface area contributed by atoms with Crippen LogP contribution < -0.4 is 17.0 Å². The van der Waals surface area contributed by atoms with E-state index < -0.39 is 0 Å². The molecule has 1 aromatic rings. The maximum Gasteiger partial charge on any atom is 0.280 e. The van der Waals surface area contributed by atoms with Crippen LogP contribution in [0.4, 0.5) is 0 Å². The molecular weight excluding hydrogens is 172 g/mol. The van der Waals surface area contributed by atoms with Gasteiger partial charge in [-0.25, -0.2) is 9.13 Å². The van der Waals surface area contributed by atoms with Crippen LogP contribution in [0, 0.1) is 13.8 Å². The highest BCUT2D eigenvalue weighted by atomic mass is 35.5. The third kappa shape index (κ3) is 1.39. The van der Waals surface area contributed by atoms with E-state index in [1.165, 1.54) is 11.4 Å². The van der Waals surface area contributed by atoms with Crippen molar-refractivity contribution in [1.29, 1.82) is 0 Å². The first-order chi connectivity index (χ1) is 5.09. The second-order valence-electron chi connectivity index (χ2n) is 2.85. The Bertz CT molecular complexity index is 274. The zero-order valence-corrected chi connectivity index (χ0v) is 8.81. The Morgan fingerprint density at radius 2 is 1.92 bits per heavy atom. The fourth-order valence-corrected chi connectivity index (χ4v) is 1.33. The van der Waals surface area contributed by atoms with Crippen LogP contribution in [0.1, 0.15) is 17.2 Å². The molecule has 2 nitrogen and oxygen atoms in total. The van der Waals surface area contributed by atoms with Crippen LogP contribution in [-0.2, 0) is 14.1 Å². The summed E-state index contributed by atoms with van der Waals surface area (Å²) in [6, 6.07) is 0. The number of halogens is 1. The lowest BCUT2D eigenvalue weighted by atomic mass is 10.4. The molecule has 68 valence electrons. The van der Waals surface area contributed by atoms with Gasteiger partial charge in [-0.2, -0.15) is 0 Å². The molecule has 0 atom stereocenters. The molecule has 0 aliphatic carbocycles. The minimum absolute atomic E-state index is 0. The second-order valence-corrected chi connectivity index (χ2v) is 2.85. The molecule has 1 aromatic heterocycles. The molecule has 12 heavy (non-hydrogen) atoms. The lowest BCUT2D eigenvalue weighted by Crippen LogP contribution is -3.00. The number of aromatic nitrogens is 2. The molecule has 1 heterocycles. The standard InChI is InChI=1S/C9H15N2.ClH/c1-6-9-10(4)7(2)8(3)11(9)5;/h6H,1H2,2-5H3;1H/q+1;/p-1. The fourth-order valence-electron chi connectivity index (χ4n) is 1.33. The predicted octanol–water partition coefficient (Wildman–Crippen LogP) is -1.89. The van der Waals surface area contributed by atoms with E-state index >= 15 is 0 Å². The molecule has 0 bridgehead atoms. The molecule has 0 fully saturated rings. The Balaban J connectivity index is 0.00000121. The Labute approximate surface area is 79.9 Å². The van der Waals surface area contributed by atoms with Crippen LogP contribution in [-0.4, -0.2) is 4.57 Å². The highest BCUT2D eigenvalue weighted by Gasteiger charge is 2.16. The molecule has 0 aliphatic rings. The normalized spacial score (nSPS) is 9.33. The van der Waals surface area contributed by atoms with Crippen molar-refractivity contribution in [2.24, 2.45) is 14.1 Å². The summed E-state index contributed by atoms with van der Waals surface area (Å²) in [5.74, 6) is 1.15. The molecule has 3 heteroatoms. The van der Waals surface area contributed by atoms with Crippen LogP contribution in [0.15, 0.2) is 6.58 Å². The smallest absolute Gasteiger partial charge is 0.280 e. The predicted molar refractivity (Wildman–Crippen MR) is 46.2 cm³/mol. The summed E-state index contributed by atoms with van der Waals surface area (Å²) in [4.78, 5) is 0. The molecule has 0 radical (unpaired) electrons. The van der Waals surface area contributed by atoms with Gasteiger partial charge in [0.15, 0.2) is 0 Å². The van der Waals surface area contributed by atoms with Gasteiger partial charge in [0.2, 0.25) is 0 Å². The van der Waals surface area contributed by atoms with Gasteiger partial charge >= 0.3 is 0 Å². The first kappa shape index (κ1) is 11.2. The third-order valence-electron chi connectivity index (χ3n) is 2.40. The number of nitrogens with zero attached hydrogens (tertiary/aromatic N) is 2. The first-order valence-electron chi connectivity index (χ1n) is 3.74. The monoisotopic (exact) mass is 186 g/mol. The molecule has 0 spiro atoms. The zero-order chi connectivity index (χ0) is 8.59. The number of hydrogen-bond acceptors (Lipinski definition) is 0. The van der Waals surface area contributed by atoms with Gasteiger partial charge in [0.25, 0.3) is 5.82 Å². The highest BCUT2D eigenvalue weighted by Crippen LogP contribution is 2.05. The van der Waals surface area contributed by atoms with E-state index in [4.69, 9.17) is 0 Å². The van der Waals surface area contributed by atoms with Crippen LogP contribution >= 0.6 is 0 Å². The SMILES string of the molecule is C=Cc1n(C)c(C)c(C)[n+]1C.[Cl-]. The van der Waals surface area contributed by atoms with Crippen molar-refractivity contribution in [3.05, 3.63) is 23.8 Å². The molecule has 0 saturated carbocycles. The summed E-state index contributed by atoms with van der Waals surface area (Å²) in [6.45, 7) is 7.99. The maximum absolute atomic E-state index is 3.77. The van der Waals surface area contributed by atoms with Gasteiger partial charge in [-0.1, -0.05) is 6.58 Å². The third-order valence-corrected chi connectivity index (χ3v) is 2.40. The van der Waals surface area contributed by atoms with E-state index in [0.29, 0.717) is 0 Å². The topological polar surface area (TPSA) is 8.81 Å². The Hall–Kier alpha value is -0.760. The zero-order valence-electron chi connectivity index (χ0n) is 8.06. The van der Waals surface area contributed by atoms with Crippen molar-refractivity contribution in [2.45, 2.75) is 13.8 Å². The first-order valence-corrected chi connectivity index (χ1v) is 3.74. The maximum atomic E-state index is 3.77. The van der Waals surface area contributed by atoms with Crippen molar-refractivity contribution in [3.63, 3.8) is 0 Å². The molecule has 0 amide bonds. The van der Waals surface area contributed by atoms with Crippen LogP contribution in [0.2, 0.25) is 0 Å². The van der Waals surface area contributed by atoms with E-state index in [9.17, 15) is 0 Å². The van der Waals surface area contributed by atoms with E-state index in [0.717, 1.165) is 5.82 Å². The van der Waals surface area contributed by atoms with Gasteiger partial charge < -0.3 is 12.4 Å². The molecule has 0 aliphatic heterocycles. The average Bonchev–Trinajstić information content (AvgIpc) is 2.17. The van der Waals surface area contributed by atoms with Crippen molar-refractivity contribution in [2.75, 3.05) is 0 Å². The van der Waals surface area contributed by atoms with Crippen molar-refractivity contribution in [1.82, 2.24) is 4.57 Å². The summed E-state index contributed by atoms with van der Waals surface area (Å²) < 4.78 is 4.28. The number of imidazole rings is 1. The van der Waals surface area contributed by atoms with Crippen molar-refractivity contribution in [3.8, 4) is 0 Å². The van der Waals surface area contributed by atoms with Crippen LogP contribution in [0.5, 0.6) is 0 Å². The minimum Gasteiger partial charge on any atom is -1.00 e. The van der Waals surface area contributed by atoms with Crippen molar-refractivity contribution >= 4 is 6.08 Å². The van der Waals surface area contributed by atoms with E-state index in [2.05, 4.69) is 43.7 Å². The Morgan fingerprint density at radius 1 is 1.42 bits per heavy atom. The molecule has 0 saturated heterocycles. The van der Waals surface area contributed by atoms with Gasteiger partial charge in [-0.15, -0.1) is 0 Å². The molecule has 0 N–H and O–H groups in total. The quantitative estimate of drug-likeness (QED) is 0.454. The van der Waals surface area contributed by atoms with Gasteiger partial charge in [-0.3, -0.25) is 0 Å². The molecular formula is C9H15ClN2. The highest BCUT2D eigenvalue weighted by molar-refractivity contribution is 5.34. The van der Waals surface area contributed by atoms with Gasteiger partial charge in [-0.05, 0) is 0 Å². The van der Waals surface area contributed by atoms with Gasteiger partial charge in [0.05, 0.1) is 14.1 Å². The molecule has 1 rings (SSSR count). The van der Waals surface area contributed by atoms with E-state index in [1.54, 1.807) is 0 Å². The van der Waals surface area contributed by atoms with Crippen LogP contribution in [0.3, 0.4) is 0 Å². The van der Waals surface area contributed by atoms with E-state index in [1.807, 2.05) is 6.08 Å². The van der Waals surface area contributed by atoms with Crippen molar-refractivity contribution < 1.29 is 17.0 Å². The van der Waals surface area contributed by atoms with Gasteiger partial charge in [0, 0.05) is 19.9 Å². The summed E-state index contributed by atoms with van der Waals surface area (Å²) in [5.41, 5.74) is 2.59. The average molecular weight is 187 g/mol. The van der Waals surface area contributed by atoms with Crippen LogP contribution in [0.25, 0.3) is 6.08 Å². The minimum atomic E-state index is 0. The lowest BCUT2D eigenvalue weighted by Gasteiger charge is -1.88. The van der Waals surface area contributed by atoms with E-state index in [-0.39, 0.29) is 12.4 Å².